The van der Waals surface area contributed by atoms with Gasteiger partial charge in [0.05, 0.1) is 19.2 Å². The van der Waals surface area contributed by atoms with Gasteiger partial charge < -0.3 is 10.4 Å². The number of hydrogen-bond donors (Lipinski definition) is 2. The predicted octanol–water partition coefficient (Wildman–Crippen LogP) is -1.05. The molecule has 2 aliphatic rings. The molecule has 2 rings (SSSR count). The van der Waals surface area contributed by atoms with Gasteiger partial charge in [0.1, 0.15) is 0 Å². The van der Waals surface area contributed by atoms with Crippen molar-refractivity contribution in [3.8, 4) is 0 Å². The first-order valence-corrected chi connectivity index (χ1v) is 3.87. The van der Waals surface area contributed by atoms with Crippen LogP contribution in [0.1, 0.15) is 12.8 Å². The van der Waals surface area contributed by atoms with E-state index in [-0.39, 0.29) is 6.10 Å². The van der Waals surface area contributed by atoms with Crippen LogP contribution in [-0.4, -0.2) is 24.3 Å². The van der Waals surface area contributed by atoms with Crippen LogP contribution in [0.3, 0.4) is 0 Å². The second-order valence-electron chi connectivity index (χ2n) is 3.35. The van der Waals surface area contributed by atoms with Crippen molar-refractivity contribution in [1.82, 2.24) is 0 Å². The maximum atomic E-state index is 9.49. The summed E-state index contributed by atoms with van der Waals surface area (Å²) in [6.07, 6.45) is 2.58. The van der Waals surface area contributed by atoms with Gasteiger partial charge in [-0.1, -0.05) is 0 Å². The van der Waals surface area contributed by atoms with E-state index in [0.717, 1.165) is 13.1 Å². The van der Waals surface area contributed by atoms with E-state index >= 15 is 0 Å². The molecule has 2 bridgehead atoms. The molecular weight excluding hydrogens is 114 g/mol. The summed E-state index contributed by atoms with van der Waals surface area (Å²) in [4.78, 5) is 0. The number of aliphatic hydroxyl groups excluding tert-OH is 1. The topological polar surface area (TPSA) is 36.8 Å². The average molecular weight is 128 g/mol. The van der Waals surface area contributed by atoms with E-state index in [0.29, 0.717) is 11.8 Å². The van der Waals surface area contributed by atoms with Crippen LogP contribution in [0.4, 0.5) is 0 Å². The Hall–Kier alpha value is -0.0800. The number of quaternary nitrogens is 1. The van der Waals surface area contributed by atoms with Crippen LogP contribution < -0.4 is 5.32 Å². The number of rotatable bonds is 0. The van der Waals surface area contributed by atoms with Gasteiger partial charge in [0.15, 0.2) is 0 Å². The fraction of sp³-hybridized carbons (Fsp3) is 1.00. The van der Waals surface area contributed by atoms with Crippen LogP contribution >= 0.6 is 0 Å². The number of piperidine rings is 1. The molecule has 0 aromatic heterocycles. The largest absolute Gasteiger partial charge is 0.392 e. The molecule has 9 heavy (non-hydrogen) atoms. The van der Waals surface area contributed by atoms with Crippen LogP contribution in [0.5, 0.6) is 0 Å². The lowest BCUT2D eigenvalue weighted by Gasteiger charge is -2.22. The number of hydrogen-bond acceptors (Lipinski definition) is 1. The standard InChI is InChI=1S/C7H13NO/c9-7-5-1-2-6(7)4-8-3-5/h5-9H,1-4H2/p+1/t5-,6+,7?. The molecule has 0 radical (unpaired) electrons. The molecule has 1 saturated carbocycles. The quantitative estimate of drug-likeness (QED) is 0.429. The summed E-state index contributed by atoms with van der Waals surface area (Å²) in [5.74, 6) is 1.26. The smallest absolute Gasteiger partial charge is 0.0809 e. The van der Waals surface area contributed by atoms with Crippen molar-refractivity contribution in [2.24, 2.45) is 11.8 Å². The highest BCUT2D eigenvalue weighted by Gasteiger charge is 2.39. The molecule has 1 aliphatic heterocycles. The van der Waals surface area contributed by atoms with Crippen molar-refractivity contribution in [1.29, 1.82) is 0 Å². The molecule has 2 fully saturated rings. The van der Waals surface area contributed by atoms with E-state index in [1.807, 2.05) is 0 Å². The van der Waals surface area contributed by atoms with Gasteiger partial charge in [-0.2, -0.15) is 0 Å². The highest BCUT2D eigenvalue weighted by Crippen LogP contribution is 2.30. The second-order valence-corrected chi connectivity index (χ2v) is 3.35. The van der Waals surface area contributed by atoms with Crippen molar-refractivity contribution in [2.75, 3.05) is 13.1 Å². The number of aliphatic hydroxyl groups is 1. The second kappa shape index (κ2) is 1.96. The molecule has 1 aliphatic carbocycles. The molecule has 52 valence electrons. The third kappa shape index (κ3) is 0.775. The monoisotopic (exact) mass is 128 g/mol. The molecule has 3 atom stereocenters. The highest BCUT2D eigenvalue weighted by molar-refractivity contribution is 4.85. The number of fused-ring (bicyclic) bond motifs is 2. The van der Waals surface area contributed by atoms with E-state index in [4.69, 9.17) is 0 Å². The molecule has 1 saturated heterocycles. The van der Waals surface area contributed by atoms with Crippen molar-refractivity contribution < 1.29 is 10.4 Å². The van der Waals surface area contributed by atoms with Crippen LogP contribution in [0.25, 0.3) is 0 Å². The number of nitrogens with two attached hydrogens (primary N) is 1. The van der Waals surface area contributed by atoms with E-state index in [1.165, 1.54) is 12.8 Å². The normalized spacial score (nSPS) is 49.7. The van der Waals surface area contributed by atoms with Gasteiger partial charge in [0, 0.05) is 11.8 Å². The lowest BCUT2D eigenvalue weighted by atomic mass is 9.97. The first kappa shape index (κ1) is 5.69. The van der Waals surface area contributed by atoms with E-state index in [9.17, 15) is 5.11 Å². The Bertz CT molecular complexity index is 99.5. The fourth-order valence-electron chi connectivity index (χ4n) is 2.19. The zero-order chi connectivity index (χ0) is 6.27. The van der Waals surface area contributed by atoms with E-state index < -0.39 is 0 Å². The van der Waals surface area contributed by atoms with E-state index in [2.05, 4.69) is 5.32 Å². The zero-order valence-electron chi connectivity index (χ0n) is 5.59. The highest BCUT2D eigenvalue weighted by atomic mass is 16.3. The minimum atomic E-state index is 0.0509. The van der Waals surface area contributed by atoms with Crippen LogP contribution in [0.15, 0.2) is 0 Å². The van der Waals surface area contributed by atoms with Gasteiger partial charge >= 0.3 is 0 Å². The Morgan fingerprint density at radius 1 is 1.11 bits per heavy atom. The van der Waals surface area contributed by atoms with Crippen molar-refractivity contribution in [3.05, 3.63) is 0 Å². The summed E-state index contributed by atoms with van der Waals surface area (Å²) in [5.41, 5.74) is 0. The first-order valence-electron chi connectivity index (χ1n) is 3.87. The van der Waals surface area contributed by atoms with Gasteiger partial charge in [0.25, 0.3) is 0 Å². The van der Waals surface area contributed by atoms with Gasteiger partial charge in [-0.05, 0) is 12.8 Å². The molecule has 2 heteroatoms. The SMILES string of the molecule is OC1[C@@H]2CC[C@H]1C[NH2+]C2. The van der Waals surface area contributed by atoms with Gasteiger partial charge in [-0.3, -0.25) is 0 Å². The summed E-state index contributed by atoms with van der Waals surface area (Å²) in [6, 6.07) is 0. The summed E-state index contributed by atoms with van der Waals surface area (Å²) < 4.78 is 0. The summed E-state index contributed by atoms with van der Waals surface area (Å²) in [7, 11) is 0. The van der Waals surface area contributed by atoms with Gasteiger partial charge in [-0.15, -0.1) is 0 Å². The maximum absolute atomic E-state index is 9.49. The lowest BCUT2D eigenvalue weighted by Crippen LogP contribution is -2.89. The third-order valence-corrected chi connectivity index (χ3v) is 2.81. The molecule has 2 nitrogen and oxygen atoms in total. The van der Waals surface area contributed by atoms with Crippen molar-refractivity contribution in [3.63, 3.8) is 0 Å². The first-order chi connectivity index (χ1) is 4.38. The molecule has 0 aromatic rings. The molecule has 0 aromatic carbocycles. The average Bonchev–Trinajstić information content (AvgIpc) is 2.19. The molecular formula is C7H14NO+. The fourth-order valence-corrected chi connectivity index (χ4v) is 2.19. The van der Waals surface area contributed by atoms with Crippen LogP contribution in [0, 0.1) is 11.8 Å². The van der Waals surface area contributed by atoms with Crippen LogP contribution in [-0.2, 0) is 0 Å². The van der Waals surface area contributed by atoms with Gasteiger partial charge in [0.2, 0.25) is 0 Å². The molecule has 0 amide bonds. The summed E-state index contributed by atoms with van der Waals surface area (Å²) >= 11 is 0. The lowest BCUT2D eigenvalue weighted by molar-refractivity contribution is -0.675. The predicted molar refractivity (Wildman–Crippen MR) is 33.9 cm³/mol. The maximum Gasteiger partial charge on any atom is 0.0809 e. The summed E-state index contributed by atoms with van der Waals surface area (Å²) in [5, 5.41) is 11.8. The minimum Gasteiger partial charge on any atom is -0.392 e. The minimum absolute atomic E-state index is 0.0509. The van der Waals surface area contributed by atoms with E-state index in [1.54, 1.807) is 0 Å². The molecule has 3 N–H and O–H groups in total. The molecule has 1 unspecified atom stereocenters. The zero-order valence-corrected chi connectivity index (χ0v) is 5.59. The Balaban J connectivity index is 2.10. The summed E-state index contributed by atoms with van der Waals surface area (Å²) in [6.45, 7) is 2.33. The molecule has 1 heterocycles. The Labute approximate surface area is 55.3 Å². The van der Waals surface area contributed by atoms with Gasteiger partial charge in [-0.25, -0.2) is 0 Å². The van der Waals surface area contributed by atoms with Crippen LogP contribution in [0.2, 0.25) is 0 Å². The Morgan fingerprint density at radius 2 is 1.67 bits per heavy atom. The van der Waals surface area contributed by atoms with Crippen molar-refractivity contribution >= 4 is 0 Å². The van der Waals surface area contributed by atoms with Crippen molar-refractivity contribution in [2.45, 2.75) is 18.9 Å². The third-order valence-electron chi connectivity index (χ3n) is 2.81. The molecule has 0 spiro atoms. The Morgan fingerprint density at radius 3 is 2.11 bits per heavy atom. The Kier molecular flexibility index (Phi) is 1.24.